The fourth-order valence-electron chi connectivity index (χ4n) is 1.51. The Morgan fingerprint density at radius 3 is 2.61 bits per heavy atom. The van der Waals surface area contributed by atoms with Crippen molar-refractivity contribution < 1.29 is 0 Å². The lowest BCUT2D eigenvalue weighted by atomic mass is 9.92. The molecule has 6 heteroatoms. The topological polar surface area (TPSA) is 45.8 Å². The summed E-state index contributed by atoms with van der Waals surface area (Å²) in [7, 11) is 0. The van der Waals surface area contributed by atoms with Gasteiger partial charge < -0.3 is 4.98 Å². The molecule has 0 atom stereocenters. The summed E-state index contributed by atoms with van der Waals surface area (Å²) >= 11 is 7.02. The Balaban J connectivity index is 2.65. The molecule has 0 aliphatic carbocycles. The van der Waals surface area contributed by atoms with Crippen molar-refractivity contribution in [2.24, 2.45) is 0 Å². The molecule has 2 rings (SSSR count). The molecule has 0 aromatic carbocycles. The van der Waals surface area contributed by atoms with Crippen molar-refractivity contribution in [1.82, 2.24) is 9.97 Å². The lowest BCUT2D eigenvalue weighted by Gasteiger charge is -2.19. The third-order valence-corrected chi connectivity index (χ3v) is 5.07. The summed E-state index contributed by atoms with van der Waals surface area (Å²) in [5.74, 6) is 0.640. The van der Waals surface area contributed by atoms with Gasteiger partial charge in [0, 0.05) is 15.3 Å². The molecule has 0 spiro atoms. The van der Waals surface area contributed by atoms with Crippen LogP contribution < -0.4 is 5.56 Å². The fraction of sp³-hybridized carbons (Fsp3) is 0.333. The highest BCUT2D eigenvalue weighted by Gasteiger charge is 2.22. The third-order valence-electron chi connectivity index (χ3n) is 2.37. The van der Waals surface area contributed by atoms with Crippen LogP contribution in [0.15, 0.2) is 20.7 Å². The third kappa shape index (κ3) is 2.85. The summed E-state index contributed by atoms with van der Waals surface area (Å²) in [6.07, 6.45) is 0. The van der Waals surface area contributed by atoms with Crippen LogP contribution in [0.4, 0.5) is 0 Å². The zero-order valence-corrected chi connectivity index (χ0v) is 14.7. The Hall–Kier alpha value is -0.210. The minimum Gasteiger partial charge on any atom is -0.305 e. The molecule has 2 aromatic heterocycles. The molecule has 0 amide bonds. The van der Waals surface area contributed by atoms with E-state index in [-0.39, 0.29) is 11.0 Å². The van der Waals surface area contributed by atoms with Gasteiger partial charge in [-0.05, 0) is 44.6 Å². The summed E-state index contributed by atoms with van der Waals surface area (Å²) in [6, 6.07) is 1.96. The van der Waals surface area contributed by atoms with Gasteiger partial charge in [-0.15, -0.1) is 11.3 Å². The van der Waals surface area contributed by atoms with Crippen LogP contribution in [0.1, 0.15) is 26.5 Å². The van der Waals surface area contributed by atoms with Crippen molar-refractivity contribution in [3.05, 3.63) is 35.5 Å². The maximum absolute atomic E-state index is 12.0. The Morgan fingerprint density at radius 1 is 1.44 bits per heavy atom. The number of rotatable bonds is 1. The van der Waals surface area contributed by atoms with Crippen LogP contribution in [0, 0.1) is 3.57 Å². The van der Waals surface area contributed by atoms with Crippen molar-refractivity contribution in [3.63, 3.8) is 0 Å². The lowest BCUT2D eigenvalue weighted by molar-refractivity contribution is 0.562. The fourth-order valence-corrected chi connectivity index (χ4v) is 3.95. The molecule has 96 valence electrons. The Labute approximate surface area is 131 Å². The molecule has 0 unspecified atom stereocenters. The van der Waals surface area contributed by atoms with Crippen LogP contribution >= 0.6 is 49.9 Å². The van der Waals surface area contributed by atoms with Gasteiger partial charge in [0.05, 0.1) is 10.6 Å². The number of aromatic amines is 1. The first-order valence-corrected chi connectivity index (χ1v) is 8.09. The maximum atomic E-state index is 12.0. The van der Waals surface area contributed by atoms with Crippen LogP contribution in [0.25, 0.3) is 10.7 Å². The molecule has 0 aliphatic heterocycles. The van der Waals surface area contributed by atoms with Gasteiger partial charge in [0.1, 0.15) is 3.57 Å². The van der Waals surface area contributed by atoms with E-state index in [9.17, 15) is 4.79 Å². The average molecular weight is 439 g/mol. The minimum absolute atomic E-state index is 0.0740. The van der Waals surface area contributed by atoms with Crippen LogP contribution in [0.5, 0.6) is 0 Å². The molecule has 1 N–H and O–H groups in total. The monoisotopic (exact) mass is 438 g/mol. The van der Waals surface area contributed by atoms with Gasteiger partial charge in [0.2, 0.25) is 0 Å². The van der Waals surface area contributed by atoms with Gasteiger partial charge in [-0.25, -0.2) is 4.98 Å². The zero-order valence-electron chi connectivity index (χ0n) is 10.2. The Morgan fingerprint density at radius 2 is 2.11 bits per heavy atom. The predicted octanol–water partition coefficient (Wildman–Crippen LogP) is 4.16. The molecule has 3 nitrogen and oxygen atoms in total. The second-order valence-electron chi connectivity index (χ2n) is 4.96. The van der Waals surface area contributed by atoms with Crippen LogP contribution in [-0.2, 0) is 5.41 Å². The summed E-state index contributed by atoms with van der Waals surface area (Å²) in [5.41, 5.74) is 0.620. The predicted molar refractivity (Wildman–Crippen MR) is 87.3 cm³/mol. The number of H-pyrrole nitrogens is 1. The highest BCUT2D eigenvalue weighted by Crippen LogP contribution is 2.29. The van der Waals surface area contributed by atoms with E-state index in [1.807, 2.05) is 11.4 Å². The summed E-state index contributed by atoms with van der Waals surface area (Å²) in [5, 5.41) is 1.98. The molecule has 2 aromatic rings. The van der Waals surface area contributed by atoms with Gasteiger partial charge in [-0.1, -0.05) is 20.8 Å². The van der Waals surface area contributed by atoms with Crippen molar-refractivity contribution in [2.45, 2.75) is 26.2 Å². The standard InChI is InChI=1S/C12H12BrIN2OS/c1-12(2,3)9-8(14)11(17)16-10(15-9)7-4-6(13)5-18-7/h4-5H,1-3H3,(H,15,16,17). The van der Waals surface area contributed by atoms with Crippen molar-refractivity contribution in [1.29, 1.82) is 0 Å². The number of nitrogens with zero attached hydrogens (tertiary/aromatic N) is 1. The van der Waals surface area contributed by atoms with Crippen LogP contribution in [0.3, 0.4) is 0 Å². The molecule has 0 aliphatic rings. The van der Waals surface area contributed by atoms with Crippen molar-refractivity contribution in [3.8, 4) is 10.7 Å². The van der Waals surface area contributed by atoms with E-state index in [0.29, 0.717) is 9.39 Å². The second-order valence-corrected chi connectivity index (χ2v) is 7.86. The molecule has 18 heavy (non-hydrogen) atoms. The zero-order chi connectivity index (χ0) is 13.5. The SMILES string of the molecule is CC(C)(C)c1nc(-c2cc(Br)cs2)[nH]c(=O)c1I. The number of halogens is 2. The van der Waals surface area contributed by atoms with E-state index in [0.717, 1.165) is 15.0 Å². The number of hydrogen-bond donors (Lipinski definition) is 1. The van der Waals surface area contributed by atoms with Gasteiger partial charge in [0.15, 0.2) is 5.82 Å². The number of thiophene rings is 1. The first-order valence-electron chi connectivity index (χ1n) is 5.34. The van der Waals surface area contributed by atoms with Gasteiger partial charge in [-0.3, -0.25) is 4.79 Å². The van der Waals surface area contributed by atoms with Gasteiger partial charge in [0.25, 0.3) is 5.56 Å². The smallest absolute Gasteiger partial charge is 0.264 e. The normalized spacial score (nSPS) is 11.8. The van der Waals surface area contributed by atoms with Gasteiger partial charge >= 0.3 is 0 Å². The number of nitrogens with one attached hydrogen (secondary N) is 1. The largest absolute Gasteiger partial charge is 0.305 e. The Kier molecular flexibility index (Phi) is 3.99. The Bertz CT molecular complexity index is 642. The molecular weight excluding hydrogens is 427 g/mol. The molecule has 0 saturated carbocycles. The molecule has 0 bridgehead atoms. The molecule has 0 saturated heterocycles. The van der Waals surface area contributed by atoms with Gasteiger partial charge in [-0.2, -0.15) is 0 Å². The minimum atomic E-state index is -0.145. The maximum Gasteiger partial charge on any atom is 0.264 e. The van der Waals surface area contributed by atoms with E-state index < -0.39 is 0 Å². The van der Waals surface area contributed by atoms with Crippen molar-refractivity contribution in [2.75, 3.05) is 0 Å². The van der Waals surface area contributed by atoms with E-state index in [1.54, 1.807) is 11.3 Å². The van der Waals surface area contributed by atoms with E-state index in [4.69, 9.17) is 0 Å². The first kappa shape index (κ1) is 14.2. The summed E-state index contributed by atoms with van der Waals surface area (Å²) < 4.78 is 1.67. The molecule has 2 heterocycles. The quantitative estimate of drug-likeness (QED) is 0.679. The number of aromatic nitrogens is 2. The van der Waals surface area contributed by atoms with Crippen LogP contribution in [0.2, 0.25) is 0 Å². The van der Waals surface area contributed by atoms with Crippen LogP contribution in [-0.4, -0.2) is 9.97 Å². The highest BCUT2D eigenvalue weighted by atomic mass is 127. The molecular formula is C12H12BrIN2OS. The lowest BCUT2D eigenvalue weighted by Crippen LogP contribution is -2.24. The summed E-state index contributed by atoms with van der Waals surface area (Å²) in [4.78, 5) is 20.4. The summed E-state index contributed by atoms with van der Waals surface area (Å²) in [6.45, 7) is 6.18. The average Bonchev–Trinajstić information content (AvgIpc) is 2.67. The van der Waals surface area contributed by atoms with E-state index >= 15 is 0 Å². The molecule has 0 radical (unpaired) electrons. The highest BCUT2D eigenvalue weighted by molar-refractivity contribution is 14.1. The van der Waals surface area contributed by atoms with E-state index in [1.165, 1.54) is 0 Å². The first-order chi connectivity index (χ1) is 8.29. The second kappa shape index (κ2) is 5.05. The molecule has 0 fully saturated rings. The number of hydrogen-bond acceptors (Lipinski definition) is 3. The van der Waals surface area contributed by atoms with E-state index in [2.05, 4.69) is 69.3 Å². The van der Waals surface area contributed by atoms with Crippen molar-refractivity contribution >= 4 is 49.9 Å².